The van der Waals surface area contributed by atoms with Gasteiger partial charge in [0.1, 0.15) is 0 Å². The number of nitrogens with zero attached hydrogens (tertiary/aromatic N) is 3. The molecule has 2 amide bonds. The van der Waals surface area contributed by atoms with Gasteiger partial charge in [0.05, 0.1) is 30.2 Å². The molecule has 6 nitrogen and oxygen atoms in total. The summed E-state index contributed by atoms with van der Waals surface area (Å²) in [6, 6.07) is -0.326. The summed E-state index contributed by atoms with van der Waals surface area (Å²) in [5, 5.41) is 8.98. The van der Waals surface area contributed by atoms with Crippen molar-refractivity contribution in [1.29, 1.82) is 0 Å². The highest BCUT2D eigenvalue weighted by Crippen LogP contribution is 2.22. The minimum atomic E-state index is -0.860. The van der Waals surface area contributed by atoms with E-state index in [-0.39, 0.29) is 18.5 Å². The van der Waals surface area contributed by atoms with Crippen LogP contribution in [0.25, 0.3) is 0 Å². The molecule has 1 aromatic heterocycles. The smallest absolute Gasteiger partial charge is 0.320 e. The molecule has 0 spiro atoms. The van der Waals surface area contributed by atoms with Crippen molar-refractivity contribution in [1.82, 2.24) is 14.8 Å². The Kier molecular flexibility index (Phi) is 5.46. The lowest BCUT2D eigenvalue weighted by molar-refractivity contribution is -0.138. The van der Waals surface area contributed by atoms with Crippen molar-refractivity contribution in [3.05, 3.63) is 16.1 Å². The fourth-order valence-corrected chi connectivity index (χ4v) is 4.15. The Bertz CT molecular complexity index is 521. The fraction of sp³-hybridized carbons (Fsp3) is 0.615. The molecule has 21 heavy (non-hydrogen) atoms. The topological polar surface area (TPSA) is 73.7 Å². The molecule has 1 atom stereocenters. The Balaban J connectivity index is 2.02. The van der Waals surface area contributed by atoms with Crippen molar-refractivity contribution in [2.24, 2.45) is 0 Å². The van der Waals surface area contributed by atoms with Crippen molar-refractivity contribution < 1.29 is 14.7 Å². The number of thiazole rings is 1. The van der Waals surface area contributed by atoms with Gasteiger partial charge in [-0.05, 0) is 6.92 Å². The first-order valence-electron chi connectivity index (χ1n) is 6.69. The molecule has 1 aliphatic heterocycles. The van der Waals surface area contributed by atoms with E-state index in [1.165, 1.54) is 11.3 Å². The van der Waals surface area contributed by atoms with Crippen LogP contribution in [0, 0.1) is 6.92 Å². The maximum Gasteiger partial charge on any atom is 0.320 e. The van der Waals surface area contributed by atoms with Crippen LogP contribution in [0.1, 0.15) is 17.0 Å². The largest absolute Gasteiger partial charge is 0.481 e. The molecule has 0 saturated carbocycles. The van der Waals surface area contributed by atoms with Crippen molar-refractivity contribution >= 4 is 35.1 Å². The van der Waals surface area contributed by atoms with E-state index in [0.29, 0.717) is 18.8 Å². The molecule has 8 heteroatoms. The van der Waals surface area contributed by atoms with Crippen LogP contribution < -0.4 is 0 Å². The standard InChI is InChI=1S/C13H19N3O3S2/c1-9-11(21-8-14-9)6-15(2)13(19)16-3-4-20-7-10(16)5-12(17)18/h8,10H,3-7H2,1-2H3,(H,17,18). The average molecular weight is 329 g/mol. The quantitative estimate of drug-likeness (QED) is 0.913. The number of rotatable bonds is 4. The molecule has 1 aliphatic rings. The molecule has 2 heterocycles. The van der Waals surface area contributed by atoms with Gasteiger partial charge in [-0.3, -0.25) is 4.79 Å². The number of carboxylic acid groups (broad SMARTS) is 1. The Hall–Kier alpha value is -1.28. The number of aryl methyl sites for hydroxylation is 1. The number of aliphatic carboxylic acids is 1. The van der Waals surface area contributed by atoms with E-state index in [1.807, 2.05) is 6.92 Å². The first kappa shape index (κ1) is 16.1. The minimum absolute atomic E-state index is 0.00612. The zero-order valence-electron chi connectivity index (χ0n) is 12.1. The number of amides is 2. The lowest BCUT2D eigenvalue weighted by Crippen LogP contribution is -2.51. The Morgan fingerprint density at radius 1 is 1.57 bits per heavy atom. The molecule has 116 valence electrons. The van der Waals surface area contributed by atoms with Crippen LogP contribution in [0.4, 0.5) is 4.79 Å². The van der Waals surface area contributed by atoms with Crippen molar-refractivity contribution in [3.63, 3.8) is 0 Å². The van der Waals surface area contributed by atoms with Gasteiger partial charge in [-0.15, -0.1) is 11.3 Å². The van der Waals surface area contributed by atoms with E-state index in [4.69, 9.17) is 5.11 Å². The molecule has 0 aromatic carbocycles. The summed E-state index contributed by atoms with van der Waals surface area (Å²) in [5.74, 6) is 0.682. The normalized spacial score (nSPS) is 18.6. The zero-order chi connectivity index (χ0) is 15.4. The van der Waals surface area contributed by atoms with E-state index in [9.17, 15) is 9.59 Å². The highest BCUT2D eigenvalue weighted by molar-refractivity contribution is 7.99. The van der Waals surface area contributed by atoms with Crippen LogP contribution in [-0.4, -0.2) is 63.0 Å². The van der Waals surface area contributed by atoms with E-state index >= 15 is 0 Å². The Morgan fingerprint density at radius 2 is 2.33 bits per heavy atom. The van der Waals surface area contributed by atoms with Crippen molar-refractivity contribution in [3.8, 4) is 0 Å². The zero-order valence-corrected chi connectivity index (χ0v) is 13.7. The minimum Gasteiger partial charge on any atom is -0.481 e. The predicted octanol–water partition coefficient (Wildman–Crippen LogP) is 1.90. The predicted molar refractivity (Wildman–Crippen MR) is 83.8 cm³/mol. The maximum atomic E-state index is 12.6. The third-order valence-electron chi connectivity index (χ3n) is 3.44. The first-order valence-corrected chi connectivity index (χ1v) is 8.72. The van der Waals surface area contributed by atoms with Gasteiger partial charge in [0.15, 0.2) is 0 Å². The van der Waals surface area contributed by atoms with Crippen LogP contribution in [0.3, 0.4) is 0 Å². The van der Waals surface area contributed by atoms with E-state index in [1.54, 1.807) is 34.1 Å². The summed E-state index contributed by atoms with van der Waals surface area (Å²) < 4.78 is 0. The van der Waals surface area contributed by atoms with Gasteiger partial charge >= 0.3 is 12.0 Å². The summed E-state index contributed by atoms with van der Waals surface area (Å²) in [5.41, 5.74) is 2.71. The molecular weight excluding hydrogens is 310 g/mol. The SMILES string of the molecule is Cc1ncsc1CN(C)C(=O)N1CCSCC1CC(=O)O. The molecule has 1 fully saturated rings. The summed E-state index contributed by atoms with van der Waals surface area (Å²) in [7, 11) is 1.75. The highest BCUT2D eigenvalue weighted by Gasteiger charge is 2.30. The highest BCUT2D eigenvalue weighted by atomic mass is 32.2. The van der Waals surface area contributed by atoms with Crippen LogP contribution in [0.2, 0.25) is 0 Å². The molecule has 0 radical (unpaired) electrons. The van der Waals surface area contributed by atoms with Crippen molar-refractivity contribution in [2.75, 3.05) is 25.1 Å². The van der Waals surface area contributed by atoms with Gasteiger partial charge < -0.3 is 14.9 Å². The number of thioether (sulfide) groups is 1. The molecule has 0 bridgehead atoms. The molecule has 1 unspecified atom stereocenters. The third kappa shape index (κ3) is 4.10. The number of aromatic nitrogens is 1. The molecular formula is C13H19N3O3S2. The van der Waals surface area contributed by atoms with Gasteiger partial charge in [0.2, 0.25) is 0 Å². The van der Waals surface area contributed by atoms with Crippen LogP contribution in [0.5, 0.6) is 0 Å². The second-order valence-electron chi connectivity index (χ2n) is 5.02. The number of carbonyl (C=O) groups excluding carboxylic acids is 1. The summed E-state index contributed by atoms with van der Waals surface area (Å²) >= 11 is 3.23. The van der Waals surface area contributed by atoms with Crippen LogP contribution in [0.15, 0.2) is 5.51 Å². The van der Waals surface area contributed by atoms with E-state index in [2.05, 4.69) is 4.98 Å². The first-order chi connectivity index (χ1) is 9.99. The van der Waals surface area contributed by atoms with Gasteiger partial charge in [0, 0.05) is 30.0 Å². The van der Waals surface area contributed by atoms with Gasteiger partial charge in [-0.25, -0.2) is 9.78 Å². The molecule has 1 saturated heterocycles. The van der Waals surface area contributed by atoms with E-state index in [0.717, 1.165) is 16.3 Å². The van der Waals surface area contributed by atoms with Crippen LogP contribution in [-0.2, 0) is 11.3 Å². The number of carbonyl (C=O) groups is 2. The monoisotopic (exact) mass is 329 g/mol. The van der Waals surface area contributed by atoms with E-state index < -0.39 is 5.97 Å². The fourth-order valence-electron chi connectivity index (χ4n) is 2.26. The number of carboxylic acids is 1. The lowest BCUT2D eigenvalue weighted by atomic mass is 10.2. The molecule has 1 aromatic rings. The third-order valence-corrected chi connectivity index (χ3v) is 5.45. The summed E-state index contributed by atoms with van der Waals surface area (Å²) in [6.07, 6.45) is 0.00612. The molecule has 0 aliphatic carbocycles. The maximum absolute atomic E-state index is 12.6. The number of urea groups is 1. The van der Waals surface area contributed by atoms with Crippen molar-refractivity contribution in [2.45, 2.75) is 25.9 Å². The second kappa shape index (κ2) is 7.13. The van der Waals surface area contributed by atoms with Gasteiger partial charge in [-0.2, -0.15) is 11.8 Å². The lowest BCUT2D eigenvalue weighted by Gasteiger charge is -2.37. The summed E-state index contributed by atoms with van der Waals surface area (Å²) in [4.78, 5) is 32.1. The Labute approximate surface area is 132 Å². The molecule has 2 rings (SSSR count). The van der Waals surface area contributed by atoms with Crippen LogP contribution >= 0.6 is 23.1 Å². The van der Waals surface area contributed by atoms with Gasteiger partial charge in [-0.1, -0.05) is 0 Å². The molecule has 1 N–H and O–H groups in total. The second-order valence-corrected chi connectivity index (χ2v) is 7.11. The number of hydrogen-bond acceptors (Lipinski definition) is 5. The number of hydrogen-bond donors (Lipinski definition) is 1. The average Bonchev–Trinajstić information content (AvgIpc) is 2.83. The summed E-state index contributed by atoms with van der Waals surface area (Å²) in [6.45, 7) is 3.04. The Morgan fingerprint density at radius 3 is 2.95 bits per heavy atom. The van der Waals surface area contributed by atoms with Gasteiger partial charge in [0.25, 0.3) is 0 Å².